The summed E-state index contributed by atoms with van der Waals surface area (Å²) in [7, 11) is 1.74. The third-order valence-corrected chi connectivity index (χ3v) is 1.40. The van der Waals surface area contributed by atoms with Crippen LogP contribution >= 0.6 is 0 Å². The zero-order valence-corrected chi connectivity index (χ0v) is 7.05. The summed E-state index contributed by atoms with van der Waals surface area (Å²) in [5.74, 6) is 0. The van der Waals surface area contributed by atoms with Crippen LogP contribution in [-0.4, -0.2) is 30.7 Å². The van der Waals surface area contributed by atoms with E-state index < -0.39 is 0 Å². The van der Waals surface area contributed by atoms with Gasteiger partial charge < -0.3 is 9.64 Å². The molecule has 0 radical (unpaired) electrons. The van der Waals surface area contributed by atoms with E-state index in [1.54, 1.807) is 11.9 Å². The number of carbonyl (C=O) groups excluding carboxylic acids is 1. The van der Waals surface area contributed by atoms with Gasteiger partial charge in [-0.1, -0.05) is 13.8 Å². The van der Waals surface area contributed by atoms with Crippen LogP contribution in [0.2, 0.25) is 0 Å². The van der Waals surface area contributed by atoms with E-state index in [-0.39, 0.29) is 12.1 Å². The van der Waals surface area contributed by atoms with Crippen LogP contribution in [0.4, 0.5) is 4.79 Å². The molecule has 0 aromatic heterocycles. The summed E-state index contributed by atoms with van der Waals surface area (Å²) in [5.41, 5.74) is 0. The highest BCUT2D eigenvalue weighted by Crippen LogP contribution is 2.06. The average Bonchev–Trinajstić information content (AvgIpc) is 2.25. The fourth-order valence-corrected chi connectivity index (χ4v) is 0.585. The Labute approximate surface area is 62.0 Å². The molecule has 1 aliphatic rings. The van der Waals surface area contributed by atoms with Gasteiger partial charge in [0.25, 0.3) is 0 Å². The Morgan fingerprint density at radius 3 is 2.20 bits per heavy atom. The van der Waals surface area contributed by atoms with Gasteiger partial charge in [-0.05, 0) is 6.92 Å². The van der Waals surface area contributed by atoms with Crippen LogP contribution in [-0.2, 0) is 4.74 Å². The van der Waals surface area contributed by atoms with Gasteiger partial charge in [0.15, 0.2) is 0 Å². The standard InChI is InChI=1S/C5H9NO2.C2H6/c1-4-3-8-5(7)6(4)2;1-2/h4H,3H2,1-2H3;1-2H3/t4-;/m0./s1. The lowest BCUT2D eigenvalue weighted by molar-refractivity contribution is 0.163. The van der Waals surface area contributed by atoms with Crippen LogP contribution in [0, 0.1) is 0 Å². The third kappa shape index (κ3) is 1.90. The van der Waals surface area contributed by atoms with Crippen molar-refractivity contribution in [2.75, 3.05) is 13.7 Å². The maximum Gasteiger partial charge on any atom is 0.409 e. The summed E-state index contributed by atoms with van der Waals surface area (Å²) >= 11 is 0. The molecule has 1 amide bonds. The normalized spacial score (nSPS) is 23.4. The minimum absolute atomic E-state index is 0.211. The molecule has 0 aromatic rings. The Morgan fingerprint density at radius 1 is 1.60 bits per heavy atom. The Kier molecular flexibility index (Phi) is 3.84. The molecule has 3 nitrogen and oxygen atoms in total. The molecule has 1 atom stereocenters. The largest absolute Gasteiger partial charge is 0.447 e. The first kappa shape index (κ1) is 9.27. The molecule has 1 rings (SSSR count). The lowest BCUT2D eigenvalue weighted by atomic mass is 10.4. The van der Waals surface area contributed by atoms with Gasteiger partial charge in [-0.25, -0.2) is 4.79 Å². The number of hydrogen-bond donors (Lipinski definition) is 0. The van der Waals surface area contributed by atoms with Crippen LogP contribution in [0.25, 0.3) is 0 Å². The van der Waals surface area contributed by atoms with Crippen molar-refractivity contribution in [3.63, 3.8) is 0 Å². The smallest absolute Gasteiger partial charge is 0.409 e. The van der Waals surface area contributed by atoms with Crippen molar-refractivity contribution in [1.82, 2.24) is 4.90 Å². The van der Waals surface area contributed by atoms with E-state index >= 15 is 0 Å². The first-order chi connectivity index (χ1) is 4.72. The predicted octanol–water partition coefficient (Wildman–Crippen LogP) is 1.48. The van der Waals surface area contributed by atoms with Crippen LogP contribution in [0.3, 0.4) is 0 Å². The third-order valence-electron chi connectivity index (χ3n) is 1.40. The molecule has 1 aliphatic heterocycles. The molecule has 0 N–H and O–H groups in total. The minimum atomic E-state index is -0.211. The van der Waals surface area contributed by atoms with Gasteiger partial charge in [0.2, 0.25) is 0 Å². The first-order valence-corrected chi connectivity index (χ1v) is 3.61. The molecule has 0 aliphatic carbocycles. The fraction of sp³-hybridized carbons (Fsp3) is 0.857. The van der Waals surface area contributed by atoms with Crippen molar-refractivity contribution < 1.29 is 9.53 Å². The number of rotatable bonds is 0. The van der Waals surface area contributed by atoms with E-state index in [1.807, 2.05) is 20.8 Å². The number of hydrogen-bond acceptors (Lipinski definition) is 2. The molecule has 1 fully saturated rings. The number of cyclic esters (lactones) is 1. The highest BCUT2D eigenvalue weighted by Gasteiger charge is 2.24. The number of nitrogens with zero attached hydrogens (tertiary/aromatic N) is 1. The second-order valence-corrected chi connectivity index (χ2v) is 2.04. The van der Waals surface area contributed by atoms with Crippen LogP contribution in [0.15, 0.2) is 0 Å². The molecule has 0 bridgehead atoms. The van der Waals surface area contributed by atoms with Gasteiger partial charge in [-0.15, -0.1) is 0 Å². The Balaban J connectivity index is 0.000000371. The highest BCUT2D eigenvalue weighted by molar-refractivity contribution is 5.69. The SMILES string of the molecule is CC.C[C@H]1COC(=O)N1C. The first-order valence-electron chi connectivity index (χ1n) is 3.61. The summed E-state index contributed by atoms with van der Waals surface area (Å²) in [5, 5.41) is 0. The van der Waals surface area contributed by atoms with Gasteiger partial charge in [-0.3, -0.25) is 0 Å². The topological polar surface area (TPSA) is 29.5 Å². The fourth-order valence-electron chi connectivity index (χ4n) is 0.585. The zero-order chi connectivity index (χ0) is 8.15. The van der Waals surface area contributed by atoms with Crippen molar-refractivity contribution in [3.05, 3.63) is 0 Å². The minimum Gasteiger partial charge on any atom is -0.447 e. The van der Waals surface area contributed by atoms with E-state index in [0.29, 0.717) is 6.61 Å². The van der Waals surface area contributed by atoms with Gasteiger partial charge >= 0.3 is 6.09 Å². The van der Waals surface area contributed by atoms with E-state index in [9.17, 15) is 4.79 Å². The number of likely N-dealkylation sites (N-methyl/N-ethyl adjacent to an activating group) is 1. The molecule has 3 heteroatoms. The van der Waals surface area contributed by atoms with Crippen LogP contribution < -0.4 is 0 Å². The van der Waals surface area contributed by atoms with Crippen LogP contribution in [0.5, 0.6) is 0 Å². The number of carbonyl (C=O) groups is 1. The second kappa shape index (κ2) is 4.14. The summed E-state index contributed by atoms with van der Waals surface area (Å²) < 4.78 is 4.66. The number of amides is 1. The predicted molar refractivity (Wildman–Crippen MR) is 39.9 cm³/mol. The van der Waals surface area contributed by atoms with Gasteiger partial charge in [0, 0.05) is 7.05 Å². The lowest BCUT2D eigenvalue weighted by Gasteiger charge is -2.08. The van der Waals surface area contributed by atoms with Crippen molar-refractivity contribution in [3.8, 4) is 0 Å². The van der Waals surface area contributed by atoms with Crippen molar-refractivity contribution in [2.45, 2.75) is 26.8 Å². The molecule has 60 valence electrons. The quantitative estimate of drug-likeness (QED) is 0.516. The Bertz CT molecular complexity index is 114. The average molecular weight is 145 g/mol. The summed E-state index contributed by atoms with van der Waals surface area (Å²) in [6.07, 6.45) is -0.211. The summed E-state index contributed by atoms with van der Waals surface area (Å²) in [6, 6.07) is 0.252. The Morgan fingerprint density at radius 2 is 2.10 bits per heavy atom. The van der Waals surface area contributed by atoms with Crippen LogP contribution in [0.1, 0.15) is 20.8 Å². The molecule has 1 saturated heterocycles. The maximum absolute atomic E-state index is 10.5. The molecule has 0 saturated carbocycles. The molecular weight excluding hydrogens is 130 g/mol. The molecule has 0 aromatic carbocycles. The molecule has 10 heavy (non-hydrogen) atoms. The van der Waals surface area contributed by atoms with Gasteiger partial charge in [0.05, 0.1) is 6.04 Å². The van der Waals surface area contributed by atoms with E-state index in [2.05, 4.69) is 4.74 Å². The summed E-state index contributed by atoms with van der Waals surface area (Å²) in [4.78, 5) is 12.1. The molecule has 0 spiro atoms. The van der Waals surface area contributed by atoms with E-state index in [1.165, 1.54) is 0 Å². The summed E-state index contributed by atoms with van der Waals surface area (Å²) in [6.45, 7) is 6.49. The van der Waals surface area contributed by atoms with Gasteiger partial charge in [-0.2, -0.15) is 0 Å². The van der Waals surface area contributed by atoms with E-state index in [0.717, 1.165) is 0 Å². The molecule has 0 unspecified atom stereocenters. The molecular formula is C7H15NO2. The zero-order valence-electron chi connectivity index (χ0n) is 7.05. The van der Waals surface area contributed by atoms with Crippen molar-refractivity contribution in [1.29, 1.82) is 0 Å². The maximum atomic E-state index is 10.5. The monoisotopic (exact) mass is 145 g/mol. The number of ether oxygens (including phenoxy) is 1. The van der Waals surface area contributed by atoms with Crippen molar-refractivity contribution >= 4 is 6.09 Å². The lowest BCUT2D eigenvalue weighted by Crippen LogP contribution is -2.25. The Hall–Kier alpha value is -0.730. The van der Waals surface area contributed by atoms with Gasteiger partial charge in [0.1, 0.15) is 6.61 Å². The highest BCUT2D eigenvalue weighted by atomic mass is 16.6. The van der Waals surface area contributed by atoms with Crippen molar-refractivity contribution in [2.24, 2.45) is 0 Å². The second-order valence-electron chi connectivity index (χ2n) is 2.04. The van der Waals surface area contributed by atoms with E-state index in [4.69, 9.17) is 0 Å². The molecule has 1 heterocycles.